The van der Waals surface area contributed by atoms with Crippen LogP contribution in [0.3, 0.4) is 0 Å². The van der Waals surface area contributed by atoms with Gasteiger partial charge in [0.25, 0.3) is 0 Å². The number of Topliss-reactive ketones (excluding diaryl/α,β-unsaturated/α-hetero) is 1. The largest absolute Gasteiger partial charge is 0.494 e. The molecule has 1 aliphatic heterocycles. The van der Waals surface area contributed by atoms with Crippen molar-refractivity contribution in [2.45, 2.75) is 44.1 Å². The Bertz CT molecular complexity index is 2350. The van der Waals surface area contributed by atoms with Gasteiger partial charge in [-0.05, 0) is 107 Å². The highest BCUT2D eigenvalue weighted by molar-refractivity contribution is 6.42. The van der Waals surface area contributed by atoms with E-state index in [1.807, 2.05) is 60.7 Å². The van der Waals surface area contributed by atoms with E-state index in [0.717, 1.165) is 53.5 Å². The summed E-state index contributed by atoms with van der Waals surface area (Å²) in [7, 11) is 0. The molecular formula is C49H45Cl4N3O5. The Balaban J connectivity index is 1.15. The molecule has 0 spiro atoms. The zero-order valence-corrected chi connectivity index (χ0v) is 36.4. The smallest absolute Gasteiger partial charge is 0.407 e. The fraction of sp³-hybridized carbons (Fsp3) is 0.245. The van der Waals surface area contributed by atoms with Crippen LogP contribution in [0.4, 0.5) is 4.79 Å². The Labute approximate surface area is 376 Å². The summed E-state index contributed by atoms with van der Waals surface area (Å²) >= 11 is 25.1. The molecule has 0 saturated carbocycles. The third-order valence-electron chi connectivity index (χ3n) is 10.9. The fourth-order valence-electron chi connectivity index (χ4n) is 7.75. The number of hydrogen-bond acceptors (Lipinski definition) is 6. The predicted molar refractivity (Wildman–Crippen MR) is 246 cm³/mol. The van der Waals surface area contributed by atoms with Crippen molar-refractivity contribution in [3.05, 3.63) is 168 Å². The second kappa shape index (κ2) is 20.6. The van der Waals surface area contributed by atoms with Crippen LogP contribution >= 0.6 is 46.4 Å². The van der Waals surface area contributed by atoms with Crippen LogP contribution in [0.2, 0.25) is 20.1 Å². The maximum absolute atomic E-state index is 14.8. The molecule has 2 amide bonds. The summed E-state index contributed by atoms with van der Waals surface area (Å²) in [5.74, 6) is -0.119. The number of ether oxygens (including phenoxy) is 2. The zero-order valence-electron chi connectivity index (χ0n) is 33.4. The van der Waals surface area contributed by atoms with Crippen molar-refractivity contribution >= 4 is 76.3 Å². The van der Waals surface area contributed by atoms with Gasteiger partial charge in [-0.25, -0.2) is 4.79 Å². The minimum absolute atomic E-state index is 0.0302. The molecule has 314 valence electrons. The molecule has 2 aliphatic rings. The molecule has 0 aromatic heterocycles. The van der Waals surface area contributed by atoms with Crippen LogP contribution < -0.4 is 15.8 Å². The number of rotatable bonds is 15. The highest BCUT2D eigenvalue weighted by atomic mass is 35.5. The summed E-state index contributed by atoms with van der Waals surface area (Å²) in [6, 6.07) is 32.7. The molecule has 5 aromatic rings. The summed E-state index contributed by atoms with van der Waals surface area (Å²) < 4.78 is 11.9. The third-order valence-corrected chi connectivity index (χ3v) is 12.3. The van der Waals surface area contributed by atoms with Crippen LogP contribution in [0.5, 0.6) is 5.75 Å². The number of carbonyl (C=O) groups is 3. The monoisotopic (exact) mass is 895 g/mol. The Morgan fingerprint density at radius 1 is 0.721 bits per heavy atom. The van der Waals surface area contributed by atoms with Crippen molar-refractivity contribution in [2.75, 3.05) is 32.8 Å². The molecule has 8 nitrogen and oxygen atoms in total. The normalized spacial score (nSPS) is 15.4. The van der Waals surface area contributed by atoms with E-state index in [4.69, 9.17) is 61.6 Å². The minimum atomic E-state index is -1.06. The van der Waals surface area contributed by atoms with E-state index in [1.165, 1.54) is 0 Å². The van der Waals surface area contributed by atoms with Crippen LogP contribution in [-0.4, -0.2) is 61.6 Å². The van der Waals surface area contributed by atoms with Crippen molar-refractivity contribution in [3.8, 4) is 16.9 Å². The Kier molecular flexibility index (Phi) is 14.9. The third kappa shape index (κ3) is 11.1. The van der Waals surface area contributed by atoms with E-state index in [1.54, 1.807) is 53.5 Å². The predicted octanol–water partition coefficient (Wildman–Crippen LogP) is 11.2. The lowest BCUT2D eigenvalue weighted by Crippen LogP contribution is -2.53. The number of halogens is 4. The second-order valence-corrected chi connectivity index (χ2v) is 16.8. The number of likely N-dealkylation sites (tertiary alicyclic amines) is 1. The number of fused-ring (bicyclic) bond motifs is 3. The number of nitrogens with one attached hydrogen (secondary N) is 1. The van der Waals surface area contributed by atoms with Gasteiger partial charge in [0, 0.05) is 36.6 Å². The van der Waals surface area contributed by atoms with Crippen LogP contribution in [0, 0.1) is 0 Å². The molecule has 1 atom stereocenters. The zero-order chi connectivity index (χ0) is 42.9. The standard InChI is InChI=1S/C49H45Cl4N3O5/c50-42-19-15-32(25-44(42)52)23-34-28-56(29-35(47(34)57)24-33-16-20-43(51)45(53)26-33)48(58)46(27-31-13-17-36(18-14-31)60-22-8-2-1-7-21-54)55-49(59)61-30-41-39-11-5-3-9-37(39)38-10-4-6-12-40(38)41/h3-6,9-20,23-26,41,46H,1-2,7-8,21-22,27-30,54H2,(H,55,59)/b34-23+,35-24+/t46-/m1/s1. The van der Waals surface area contributed by atoms with E-state index in [0.29, 0.717) is 61.3 Å². The number of benzene rings is 5. The number of alkyl carbamates (subject to hydrolysis) is 1. The van der Waals surface area contributed by atoms with Gasteiger partial charge >= 0.3 is 6.09 Å². The Morgan fingerprint density at radius 2 is 1.28 bits per heavy atom. The van der Waals surface area contributed by atoms with E-state index in [9.17, 15) is 14.4 Å². The van der Waals surface area contributed by atoms with Gasteiger partial charge in [-0.1, -0.05) is 132 Å². The molecule has 1 aliphatic carbocycles. The lowest BCUT2D eigenvalue weighted by atomic mass is 9.93. The molecule has 61 heavy (non-hydrogen) atoms. The Morgan fingerprint density at radius 3 is 1.84 bits per heavy atom. The van der Waals surface area contributed by atoms with Crippen LogP contribution in [-0.2, 0) is 20.7 Å². The summed E-state index contributed by atoms with van der Waals surface area (Å²) in [4.78, 5) is 44.3. The van der Waals surface area contributed by atoms with Gasteiger partial charge in [0.2, 0.25) is 5.91 Å². The van der Waals surface area contributed by atoms with Gasteiger partial charge in [0.1, 0.15) is 18.4 Å². The van der Waals surface area contributed by atoms with Crippen molar-refractivity contribution in [3.63, 3.8) is 0 Å². The van der Waals surface area contributed by atoms with Gasteiger partial charge in [0.15, 0.2) is 5.78 Å². The first-order chi connectivity index (χ1) is 29.6. The molecule has 1 heterocycles. The average molecular weight is 898 g/mol. The molecule has 1 fully saturated rings. The first-order valence-corrected chi connectivity index (χ1v) is 21.8. The van der Waals surface area contributed by atoms with Gasteiger partial charge < -0.3 is 25.4 Å². The number of nitrogens with zero attached hydrogens (tertiary/aromatic N) is 1. The molecule has 7 rings (SSSR count). The van der Waals surface area contributed by atoms with Crippen LogP contribution in [0.15, 0.2) is 120 Å². The quantitative estimate of drug-likeness (QED) is 0.0800. The molecule has 0 bridgehead atoms. The lowest BCUT2D eigenvalue weighted by molar-refractivity contribution is -0.133. The highest BCUT2D eigenvalue weighted by Gasteiger charge is 2.35. The Hall–Kier alpha value is -5.09. The van der Waals surface area contributed by atoms with Gasteiger partial charge in [-0.2, -0.15) is 0 Å². The molecule has 0 unspecified atom stereocenters. The first-order valence-electron chi connectivity index (χ1n) is 20.3. The van der Waals surface area contributed by atoms with Crippen molar-refractivity contribution in [1.29, 1.82) is 0 Å². The number of amides is 2. The van der Waals surface area contributed by atoms with Crippen molar-refractivity contribution < 1.29 is 23.9 Å². The van der Waals surface area contributed by atoms with Crippen molar-refractivity contribution in [1.82, 2.24) is 10.2 Å². The highest BCUT2D eigenvalue weighted by Crippen LogP contribution is 2.44. The van der Waals surface area contributed by atoms with Gasteiger partial charge in [0.05, 0.1) is 26.7 Å². The molecule has 5 aromatic carbocycles. The minimum Gasteiger partial charge on any atom is -0.494 e. The van der Waals surface area contributed by atoms with Gasteiger partial charge in [-0.3, -0.25) is 9.59 Å². The van der Waals surface area contributed by atoms with Crippen LogP contribution in [0.25, 0.3) is 23.3 Å². The van der Waals surface area contributed by atoms with E-state index < -0.39 is 18.0 Å². The lowest BCUT2D eigenvalue weighted by Gasteiger charge is -2.33. The van der Waals surface area contributed by atoms with Crippen LogP contribution in [0.1, 0.15) is 59.4 Å². The number of nitrogens with two attached hydrogens (primary N) is 1. The topological polar surface area (TPSA) is 111 Å². The van der Waals surface area contributed by atoms with Crippen molar-refractivity contribution in [2.24, 2.45) is 5.73 Å². The number of unbranched alkanes of at least 4 members (excludes halogenated alkanes) is 3. The first kappa shape index (κ1) is 44.0. The maximum Gasteiger partial charge on any atom is 0.407 e. The number of piperidine rings is 1. The summed E-state index contributed by atoms with van der Waals surface area (Å²) in [5.41, 5.74) is 12.7. The second-order valence-electron chi connectivity index (χ2n) is 15.1. The SMILES string of the molecule is NCCCCCCOc1ccc(C[C@@H](NC(=O)OCC2c3ccccc3-c3ccccc32)C(=O)N2C/C(=C\c3ccc(Cl)c(Cl)c3)C(=O)/C(=C/c3ccc(Cl)c(Cl)c3)C2)cc1. The molecular weight excluding hydrogens is 852 g/mol. The summed E-state index contributed by atoms with van der Waals surface area (Å²) in [6.07, 6.45) is 6.81. The molecule has 1 saturated heterocycles. The van der Waals surface area contributed by atoms with Gasteiger partial charge in [-0.15, -0.1) is 0 Å². The number of ketones is 1. The average Bonchev–Trinajstić information content (AvgIpc) is 3.58. The number of hydrogen-bond donors (Lipinski definition) is 2. The summed E-state index contributed by atoms with van der Waals surface area (Å²) in [6.45, 7) is 1.28. The van der Waals surface area contributed by atoms with E-state index in [2.05, 4.69) is 17.4 Å². The molecule has 3 N–H and O–H groups in total. The van der Waals surface area contributed by atoms with E-state index >= 15 is 0 Å². The molecule has 0 radical (unpaired) electrons. The fourth-order valence-corrected chi connectivity index (χ4v) is 8.37. The molecule has 12 heteroatoms. The maximum atomic E-state index is 14.8. The summed E-state index contributed by atoms with van der Waals surface area (Å²) in [5, 5.41) is 4.29. The van der Waals surface area contributed by atoms with E-state index in [-0.39, 0.29) is 37.8 Å². The number of carbonyl (C=O) groups excluding carboxylic acids is 3.